The van der Waals surface area contributed by atoms with Crippen molar-refractivity contribution in [2.24, 2.45) is 5.92 Å². The van der Waals surface area contributed by atoms with E-state index in [0.29, 0.717) is 35.3 Å². The summed E-state index contributed by atoms with van der Waals surface area (Å²) in [5.74, 6) is 2.41. The lowest BCUT2D eigenvalue weighted by atomic mass is 9.86. The van der Waals surface area contributed by atoms with Gasteiger partial charge in [-0.2, -0.15) is 0 Å². The fraction of sp³-hybridized carbons (Fsp3) is 0.438. The van der Waals surface area contributed by atoms with Crippen molar-refractivity contribution in [1.82, 2.24) is 10.3 Å². The normalized spacial score (nSPS) is 14.1. The molecule has 0 unspecified atom stereocenters. The number of amides is 1. The maximum absolute atomic E-state index is 13.5. The Balaban J connectivity index is 1.57. The second kappa shape index (κ2) is 13.4. The molecule has 3 N–H and O–H groups in total. The van der Waals surface area contributed by atoms with Crippen LogP contribution in [-0.4, -0.2) is 36.8 Å². The molecule has 2 aromatic carbocycles. The predicted octanol–water partition coefficient (Wildman–Crippen LogP) is 7.36. The minimum atomic E-state index is -0.228. The predicted molar refractivity (Wildman–Crippen MR) is 166 cm³/mol. The van der Waals surface area contributed by atoms with Crippen LogP contribution in [0.5, 0.6) is 17.2 Å². The van der Waals surface area contributed by atoms with Crippen LogP contribution >= 0.6 is 11.9 Å². The molecule has 0 atom stereocenters. The highest BCUT2D eigenvalue weighted by molar-refractivity contribution is 7.99. The van der Waals surface area contributed by atoms with Crippen molar-refractivity contribution in [3.05, 3.63) is 71.0 Å². The number of anilines is 2. The molecule has 40 heavy (non-hydrogen) atoms. The van der Waals surface area contributed by atoms with Crippen molar-refractivity contribution in [2.75, 3.05) is 36.0 Å². The average molecular weight is 563 g/mol. The Morgan fingerprint density at radius 2 is 1.85 bits per heavy atom. The smallest absolute Gasteiger partial charge is 0.255 e. The van der Waals surface area contributed by atoms with Crippen molar-refractivity contribution >= 4 is 29.2 Å². The number of aryl methyl sites for hydroxylation is 1. The number of benzene rings is 2. The van der Waals surface area contributed by atoms with E-state index < -0.39 is 0 Å². The summed E-state index contributed by atoms with van der Waals surface area (Å²) >= 11 is 1.49. The first-order valence-corrected chi connectivity index (χ1v) is 15.3. The topological polar surface area (TPSA) is 84.5 Å². The molecular weight excluding hydrogens is 520 g/mol. The quantitative estimate of drug-likeness (QED) is 0.223. The number of pyridine rings is 1. The fourth-order valence-corrected chi connectivity index (χ4v) is 5.20. The molecule has 8 heteroatoms. The molecule has 0 aliphatic carbocycles. The number of hydrogen-bond acceptors (Lipinski definition) is 7. The molecule has 3 aromatic rings. The Kier molecular flexibility index (Phi) is 9.98. The summed E-state index contributed by atoms with van der Waals surface area (Å²) in [6.07, 6.45) is 7.05. The lowest BCUT2D eigenvalue weighted by Gasteiger charge is -2.24. The van der Waals surface area contributed by atoms with Crippen molar-refractivity contribution in [3.63, 3.8) is 0 Å². The molecule has 1 aliphatic rings. The molecule has 0 spiro atoms. The van der Waals surface area contributed by atoms with E-state index in [2.05, 4.69) is 47.2 Å². The second-order valence-electron chi connectivity index (χ2n) is 11.3. The van der Waals surface area contributed by atoms with E-state index in [0.717, 1.165) is 47.8 Å². The van der Waals surface area contributed by atoms with Gasteiger partial charge < -0.3 is 24.8 Å². The van der Waals surface area contributed by atoms with Gasteiger partial charge in [0.15, 0.2) is 5.75 Å². The van der Waals surface area contributed by atoms with Gasteiger partial charge in [-0.1, -0.05) is 38.8 Å². The number of hydrogen-bond donors (Lipinski definition) is 3. The number of rotatable bonds is 10. The largest absolute Gasteiger partial charge is 0.489 e. The van der Waals surface area contributed by atoms with E-state index in [1.165, 1.54) is 24.8 Å². The number of piperidine rings is 1. The summed E-state index contributed by atoms with van der Waals surface area (Å²) in [5, 5.41) is 6.52. The molecule has 1 saturated heterocycles. The van der Waals surface area contributed by atoms with Gasteiger partial charge >= 0.3 is 0 Å². The van der Waals surface area contributed by atoms with Crippen LogP contribution in [0.15, 0.2) is 48.7 Å². The lowest BCUT2D eigenvalue weighted by Crippen LogP contribution is -2.28. The highest BCUT2D eigenvalue weighted by atomic mass is 32.2. The number of ether oxygens (including phenoxy) is 2. The van der Waals surface area contributed by atoms with Crippen molar-refractivity contribution in [1.29, 1.82) is 0 Å². The molecule has 4 rings (SSSR count). The van der Waals surface area contributed by atoms with Gasteiger partial charge in [0.2, 0.25) is 0 Å². The second-order valence-corrected chi connectivity index (χ2v) is 11.9. The van der Waals surface area contributed by atoms with Gasteiger partial charge in [-0.15, -0.1) is 0 Å². The van der Waals surface area contributed by atoms with Crippen molar-refractivity contribution in [2.45, 2.75) is 59.3 Å². The zero-order chi connectivity index (χ0) is 28.7. The average Bonchev–Trinajstić information content (AvgIpc) is 2.92. The van der Waals surface area contributed by atoms with Crippen LogP contribution < -0.4 is 24.8 Å². The summed E-state index contributed by atoms with van der Waals surface area (Å²) in [6, 6.07) is 13.5. The van der Waals surface area contributed by atoms with E-state index in [4.69, 9.17) is 9.47 Å². The summed E-state index contributed by atoms with van der Waals surface area (Å²) in [5.41, 5.74) is 4.94. The molecule has 214 valence electrons. The SMILES string of the molecule is CCOc1c(NSC)cc(C(C)(C)C)cc1NC(=O)c1ccc(C)c(Oc2ccnc(CC3CCNCC3)c2)c1. The maximum Gasteiger partial charge on any atom is 0.255 e. The minimum Gasteiger partial charge on any atom is -0.489 e. The molecule has 1 aromatic heterocycles. The van der Waals surface area contributed by atoms with E-state index in [-0.39, 0.29) is 11.3 Å². The number of carbonyl (C=O) groups is 1. The van der Waals surface area contributed by atoms with Gasteiger partial charge in [0.25, 0.3) is 5.91 Å². The van der Waals surface area contributed by atoms with Crippen LogP contribution in [0.1, 0.15) is 67.7 Å². The van der Waals surface area contributed by atoms with Crippen LogP contribution in [0.4, 0.5) is 11.4 Å². The van der Waals surface area contributed by atoms with Gasteiger partial charge in [-0.05, 0) is 99.0 Å². The molecule has 1 amide bonds. The lowest BCUT2D eigenvalue weighted by molar-refractivity contribution is 0.102. The van der Waals surface area contributed by atoms with Gasteiger partial charge in [-0.25, -0.2) is 0 Å². The molecule has 7 nitrogen and oxygen atoms in total. The number of nitrogens with zero attached hydrogens (tertiary/aromatic N) is 1. The zero-order valence-electron chi connectivity index (χ0n) is 24.5. The molecule has 1 fully saturated rings. The van der Waals surface area contributed by atoms with Crippen LogP contribution in [0.3, 0.4) is 0 Å². The first-order chi connectivity index (χ1) is 19.2. The Bertz CT molecular complexity index is 1320. The van der Waals surface area contributed by atoms with Crippen LogP contribution in [0.2, 0.25) is 0 Å². The Morgan fingerprint density at radius 3 is 2.55 bits per heavy atom. The van der Waals surface area contributed by atoms with E-state index in [9.17, 15) is 4.79 Å². The number of carbonyl (C=O) groups excluding carboxylic acids is 1. The maximum atomic E-state index is 13.5. The Hall–Kier alpha value is -3.23. The van der Waals surface area contributed by atoms with E-state index in [1.807, 2.05) is 50.4 Å². The Labute approximate surface area is 243 Å². The monoisotopic (exact) mass is 562 g/mol. The zero-order valence-corrected chi connectivity index (χ0v) is 25.3. The van der Waals surface area contributed by atoms with E-state index in [1.54, 1.807) is 12.3 Å². The third kappa shape index (κ3) is 7.70. The van der Waals surface area contributed by atoms with Crippen LogP contribution in [0.25, 0.3) is 0 Å². The number of nitrogens with one attached hydrogen (secondary N) is 3. The third-order valence-electron chi connectivity index (χ3n) is 7.13. The molecule has 0 radical (unpaired) electrons. The van der Waals surface area contributed by atoms with Gasteiger partial charge in [0.05, 0.1) is 18.0 Å². The molecule has 1 aliphatic heterocycles. The standard InChI is InChI=1S/C32H42N4O3S/c1-7-38-30-27(18-24(32(3,4)5)19-28(30)36-40-6)35-31(37)23-9-8-21(2)29(17-23)39-26-12-15-34-25(20-26)16-22-10-13-33-14-11-22/h8-9,12,15,17-20,22,33,36H,7,10-11,13-14,16H2,1-6H3,(H,35,37). The van der Waals surface area contributed by atoms with Crippen LogP contribution in [0, 0.1) is 12.8 Å². The first kappa shape index (κ1) is 29.7. The summed E-state index contributed by atoms with van der Waals surface area (Å²) in [6.45, 7) is 13.0. The highest BCUT2D eigenvalue weighted by Crippen LogP contribution is 2.40. The first-order valence-electron chi connectivity index (χ1n) is 14.0. The number of aromatic nitrogens is 1. The van der Waals surface area contributed by atoms with Gasteiger partial charge in [0.1, 0.15) is 11.5 Å². The molecule has 0 saturated carbocycles. The summed E-state index contributed by atoms with van der Waals surface area (Å²) in [4.78, 5) is 18.1. The third-order valence-corrected chi connectivity index (χ3v) is 7.55. The summed E-state index contributed by atoms with van der Waals surface area (Å²) < 4.78 is 15.6. The van der Waals surface area contributed by atoms with Crippen molar-refractivity contribution < 1.29 is 14.3 Å². The Morgan fingerprint density at radius 1 is 1.10 bits per heavy atom. The van der Waals surface area contributed by atoms with Gasteiger partial charge in [0, 0.05) is 29.8 Å². The minimum absolute atomic E-state index is 0.110. The van der Waals surface area contributed by atoms with Gasteiger partial charge in [-0.3, -0.25) is 9.78 Å². The summed E-state index contributed by atoms with van der Waals surface area (Å²) in [7, 11) is 0. The van der Waals surface area contributed by atoms with Crippen molar-refractivity contribution in [3.8, 4) is 17.2 Å². The molecular formula is C32H42N4O3S. The van der Waals surface area contributed by atoms with Crippen LogP contribution in [-0.2, 0) is 11.8 Å². The fourth-order valence-electron chi connectivity index (χ4n) is 4.83. The highest BCUT2D eigenvalue weighted by Gasteiger charge is 2.22. The molecule has 0 bridgehead atoms. The van der Waals surface area contributed by atoms with E-state index >= 15 is 0 Å². The molecule has 2 heterocycles.